The fourth-order valence-electron chi connectivity index (χ4n) is 8.20. The highest BCUT2D eigenvalue weighted by molar-refractivity contribution is 7.46. The van der Waals surface area contributed by atoms with Gasteiger partial charge >= 0.3 is 19.8 Å². The maximum atomic E-state index is 12.5. The van der Waals surface area contributed by atoms with Crippen LogP contribution in [0.5, 0.6) is 0 Å². The van der Waals surface area contributed by atoms with Crippen molar-refractivity contribution in [3.8, 4) is 0 Å². The molecule has 0 aliphatic rings. The van der Waals surface area contributed by atoms with Crippen LogP contribution < -0.4 is 0 Å². The molecule has 358 valence electrons. The van der Waals surface area contributed by atoms with Crippen LogP contribution >= 0.6 is 7.82 Å². The molecule has 0 aliphatic carbocycles. The van der Waals surface area contributed by atoms with E-state index in [0.717, 1.165) is 32.1 Å². The number of phosphoric acid groups is 1. The molecular weight excluding hydrogens is 772 g/mol. The van der Waals surface area contributed by atoms with E-state index in [1.54, 1.807) is 0 Å². The Morgan fingerprint density at radius 3 is 0.850 bits per heavy atom. The Morgan fingerprint density at radius 2 is 0.600 bits per heavy atom. The number of phosphoric ester groups is 1. The molecule has 0 spiro atoms. The van der Waals surface area contributed by atoms with E-state index in [1.807, 2.05) is 0 Å². The zero-order chi connectivity index (χ0) is 43.9. The molecule has 0 aromatic rings. The molecule has 0 unspecified atom stereocenters. The zero-order valence-electron chi connectivity index (χ0n) is 39.9. The van der Waals surface area contributed by atoms with Gasteiger partial charge < -0.3 is 19.3 Å². The molecule has 0 aromatic heterocycles. The Labute approximate surface area is 372 Å². The van der Waals surface area contributed by atoms with Crippen LogP contribution in [0.15, 0.2) is 0 Å². The van der Waals surface area contributed by atoms with Crippen molar-refractivity contribution >= 4 is 19.8 Å². The standard InChI is InChI=1S/C51H101O8P/c1-3-5-7-9-11-13-15-17-19-21-23-24-25-26-28-30-32-34-36-38-40-42-44-46-51(53)59-49(48-58-60(54,55)56)47-57-50(52)45-43-41-39-37-35-33-31-29-27-22-20-18-16-14-12-10-8-6-4-2/h49H,3-48H2,1-2H3,(H2,54,55,56)/t49-/m1/s1. The lowest BCUT2D eigenvalue weighted by atomic mass is 10.0. The van der Waals surface area contributed by atoms with Crippen molar-refractivity contribution in [3.63, 3.8) is 0 Å². The summed E-state index contributed by atoms with van der Waals surface area (Å²) in [5, 5.41) is 0. The molecule has 0 saturated heterocycles. The van der Waals surface area contributed by atoms with E-state index in [-0.39, 0.29) is 19.4 Å². The van der Waals surface area contributed by atoms with Gasteiger partial charge in [-0.15, -0.1) is 0 Å². The number of hydrogen-bond acceptors (Lipinski definition) is 6. The smallest absolute Gasteiger partial charge is 0.462 e. The second-order valence-electron chi connectivity index (χ2n) is 18.2. The molecule has 0 aliphatic heterocycles. The third-order valence-corrected chi connectivity index (χ3v) is 12.6. The quantitative estimate of drug-likeness (QED) is 0.0352. The van der Waals surface area contributed by atoms with Gasteiger partial charge in [0.15, 0.2) is 6.10 Å². The van der Waals surface area contributed by atoms with E-state index in [1.165, 1.54) is 231 Å². The second kappa shape index (κ2) is 47.5. The minimum absolute atomic E-state index is 0.221. The van der Waals surface area contributed by atoms with E-state index >= 15 is 0 Å². The summed E-state index contributed by atoms with van der Waals surface area (Å²) in [5.74, 6) is -0.860. The summed E-state index contributed by atoms with van der Waals surface area (Å²) in [6.07, 6.45) is 54.1. The third kappa shape index (κ3) is 49.7. The lowest BCUT2D eigenvalue weighted by Gasteiger charge is -2.18. The SMILES string of the molecule is CCCCCCCCCCCCCCCCCCCCCCCCCC(=O)O[C@H](COC(=O)CCCCCCCCCCCCCCCCCCCCC)COP(=O)(O)O. The molecule has 8 nitrogen and oxygen atoms in total. The molecule has 0 radical (unpaired) electrons. The summed E-state index contributed by atoms with van der Waals surface area (Å²) in [5.41, 5.74) is 0. The summed E-state index contributed by atoms with van der Waals surface area (Å²) in [7, 11) is -4.75. The first kappa shape index (κ1) is 59.0. The molecule has 1 atom stereocenters. The molecule has 0 fully saturated rings. The highest BCUT2D eigenvalue weighted by atomic mass is 31.2. The van der Waals surface area contributed by atoms with Crippen LogP contribution in [0.3, 0.4) is 0 Å². The Morgan fingerprint density at radius 1 is 0.367 bits per heavy atom. The van der Waals surface area contributed by atoms with Gasteiger partial charge in [-0.25, -0.2) is 4.57 Å². The first-order chi connectivity index (χ1) is 29.3. The van der Waals surface area contributed by atoms with Gasteiger partial charge in [-0.1, -0.05) is 271 Å². The number of carbonyl (C=O) groups is 2. The Balaban J connectivity index is 3.74. The molecule has 0 amide bonds. The minimum Gasteiger partial charge on any atom is -0.462 e. The Kier molecular flexibility index (Phi) is 46.8. The van der Waals surface area contributed by atoms with E-state index in [0.29, 0.717) is 6.42 Å². The van der Waals surface area contributed by atoms with Crippen molar-refractivity contribution in [3.05, 3.63) is 0 Å². The van der Waals surface area contributed by atoms with Crippen LogP contribution in [0.1, 0.15) is 296 Å². The van der Waals surface area contributed by atoms with Crippen LogP contribution in [0, 0.1) is 0 Å². The molecule has 60 heavy (non-hydrogen) atoms. The number of ether oxygens (including phenoxy) is 2. The number of hydrogen-bond donors (Lipinski definition) is 2. The van der Waals surface area contributed by atoms with Crippen LogP contribution in [0.4, 0.5) is 0 Å². The second-order valence-corrected chi connectivity index (χ2v) is 19.5. The van der Waals surface area contributed by atoms with Crippen LogP contribution in [0.2, 0.25) is 0 Å². The summed E-state index contributed by atoms with van der Waals surface area (Å²) in [4.78, 5) is 43.1. The molecule has 0 saturated carbocycles. The van der Waals surface area contributed by atoms with Gasteiger partial charge in [0.05, 0.1) is 6.61 Å². The molecular formula is C51H101O8P. The van der Waals surface area contributed by atoms with Gasteiger partial charge in [0.1, 0.15) is 6.61 Å². The first-order valence-corrected chi connectivity index (χ1v) is 27.9. The van der Waals surface area contributed by atoms with Crippen molar-refractivity contribution in [1.82, 2.24) is 0 Å². The Hall–Kier alpha value is -0.950. The molecule has 0 rings (SSSR count). The minimum atomic E-state index is -4.75. The highest BCUT2D eigenvalue weighted by Gasteiger charge is 2.23. The largest absolute Gasteiger partial charge is 0.469 e. The van der Waals surface area contributed by atoms with E-state index in [2.05, 4.69) is 18.4 Å². The van der Waals surface area contributed by atoms with Gasteiger partial charge in [-0.3, -0.25) is 14.1 Å². The van der Waals surface area contributed by atoms with E-state index in [4.69, 9.17) is 19.3 Å². The van der Waals surface area contributed by atoms with Gasteiger partial charge in [0, 0.05) is 12.8 Å². The van der Waals surface area contributed by atoms with Crippen LogP contribution in [-0.4, -0.2) is 41.0 Å². The third-order valence-electron chi connectivity index (χ3n) is 12.1. The number of carbonyl (C=O) groups excluding carboxylic acids is 2. The maximum Gasteiger partial charge on any atom is 0.469 e. The lowest BCUT2D eigenvalue weighted by molar-refractivity contribution is -0.161. The predicted molar refractivity (Wildman–Crippen MR) is 253 cm³/mol. The highest BCUT2D eigenvalue weighted by Crippen LogP contribution is 2.36. The van der Waals surface area contributed by atoms with Crippen molar-refractivity contribution in [1.29, 1.82) is 0 Å². The van der Waals surface area contributed by atoms with Crippen molar-refractivity contribution in [2.75, 3.05) is 13.2 Å². The maximum absolute atomic E-state index is 12.5. The summed E-state index contributed by atoms with van der Waals surface area (Å²) < 4.78 is 26.6. The molecule has 9 heteroatoms. The lowest BCUT2D eigenvalue weighted by Crippen LogP contribution is -2.29. The fraction of sp³-hybridized carbons (Fsp3) is 0.961. The predicted octanol–water partition coefficient (Wildman–Crippen LogP) is 16.8. The summed E-state index contributed by atoms with van der Waals surface area (Å²) in [6.45, 7) is 3.76. The summed E-state index contributed by atoms with van der Waals surface area (Å²) >= 11 is 0. The topological polar surface area (TPSA) is 119 Å². The number of unbranched alkanes of at least 4 members (excludes halogenated alkanes) is 40. The average Bonchev–Trinajstić information content (AvgIpc) is 3.22. The molecule has 0 heterocycles. The monoisotopic (exact) mass is 873 g/mol. The summed E-state index contributed by atoms with van der Waals surface area (Å²) in [6, 6.07) is 0. The van der Waals surface area contributed by atoms with Crippen molar-refractivity contribution in [2.24, 2.45) is 0 Å². The number of esters is 2. The normalized spacial score (nSPS) is 12.3. The first-order valence-electron chi connectivity index (χ1n) is 26.3. The van der Waals surface area contributed by atoms with Gasteiger partial charge in [0.2, 0.25) is 0 Å². The molecule has 0 aromatic carbocycles. The van der Waals surface area contributed by atoms with Crippen molar-refractivity contribution < 1.29 is 37.9 Å². The Bertz CT molecular complexity index is 940. The zero-order valence-corrected chi connectivity index (χ0v) is 40.8. The van der Waals surface area contributed by atoms with Crippen LogP contribution in [0.25, 0.3) is 0 Å². The number of rotatable bonds is 50. The fourth-order valence-corrected chi connectivity index (χ4v) is 8.56. The van der Waals surface area contributed by atoms with Gasteiger partial charge in [0.25, 0.3) is 0 Å². The average molecular weight is 873 g/mol. The van der Waals surface area contributed by atoms with Crippen molar-refractivity contribution in [2.45, 2.75) is 302 Å². The van der Waals surface area contributed by atoms with E-state index < -0.39 is 32.5 Å². The van der Waals surface area contributed by atoms with E-state index in [9.17, 15) is 14.2 Å². The van der Waals surface area contributed by atoms with Gasteiger partial charge in [-0.2, -0.15) is 0 Å². The van der Waals surface area contributed by atoms with Crippen LogP contribution in [-0.2, 0) is 28.2 Å². The molecule has 0 bridgehead atoms. The molecule has 2 N–H and O–H groups in total. The van der Waals surface area contributed by atoms with Gasteiger partial charge in [-0.05, 0) is 12.8 Å².